The van der Waals surface area contributed by atoms with E-state index in [1.807, 2.05) is 0 Å². The molecule has 1 aliphatic rings. The molecule has 126 valence electrons. The summed E-state index contributed by atoms with van der Waals surface area (Å²) in [4.78, 5) is 25.3. The van der Waals surface area contributed by atoms with E-state index in [1.54, 1.807) is 6.07 Å². The zero-order valence-electron chi connectivity index (χ0n) is 13.0. The molecule has 7 heteroatoms. The van der Waals surface area contributed by atoms with E-state index in [2.05, 4.69) is 5.32 Å². The maximum absolute atomic E-state index is 13.4. The van der Waals surface area contributed by atoms with Crippen molar-refractivity contribution < 1.29 is 23.8 Å². The highest BCUT2D eigenvalue weighted by atomic mass is 19.1. The second-order valence-corrected chi connectivity index (χ2v) is 5.55. The minimum atomic E-state index is -1.03. The summed E-state index contributed by atoms with van der Waals surface area (Å²) in [6, 6.07) is 4.19. The molecule has 1 atom stereocenters. The molecule has 0 spiro atoms. The quantitative estimate of drug-likeness (QED) is 0.841. The van der Waals surface area contributed by atoms with Crippen LogP contribution >= 0.6 is 0 Å². The molecule has 0 aromatic heterocycles. The van der Waals surface area contributed by atoms with E-state index in [0.29, 0.717) is 24.3 Å². The van der Waals surface area contributed by atoms with Gasteiger partial charge in [0.2, 0.25) is 5.91 Å². The molecule has 1 unspecified atom stereocenters. The van der Waals surface area contributed by atoms with Gasteiger partial charge in [-0.05, 0) is 37.0 Å². The third kappa shape index (κ3) is 4.92. The molecule has 2 N–H and O–H groups in total. The van der Waals surface area contributed by atoms with E-state index >= 15 is 0 Å². The van der Waals surface area contributed by atoms with Crippen molar-refractivity contribution in [3.8, 4) is 5.75 Å². The van der Waals surface area contributed by atoms with E-state index in [1.165, 1.54) is 24.1 Å². The van der Waals surface area contributed by atoms with Gasteiger partial charge in [-0.15, -0.1) is 0 Å². The lowest BCUT2D eigenvalue weighted by Crippen LogP contribution is -2.44. The average Bonchev–Trinajstić information content (AvgIpc) is 2.68. The van der Waals surface area contributed by atoms with Crippen molar-refractivity contribution in [1.29, 1.82) is 0 Å². The summed E-state index contributed by atoms with van der Waals surface area (Å²) >= 11 is 0. The number of carbonyl (C=O) groups is 2. The van der Waals surface area contributed by atoms with Gasteiger partial charge in [0.25, 0.3) is 5.91 Å². The maximum Gasteiger partial charge on any atom is 0.251 e. The molecule has 6 nitrogen and oxygen atoms in total. The summed E-state index contributed by atoms with van der Waals surface area (Å²) in [5.74, 6) is -0.833. The first-order chi connectivity index (χ1) is 11.0. The molecule has 0 radical (unpaired) electrons. The molecule has 1 aromatic rings. The Kier molecular flexibility index (Phi) is 5.92. The molecule has 2 rings (SSSR count). The Morgan fingerprint density at radius 2 is 2.22 bits per heavy atom. The lowest BCUT2D eigenvalue weighted by Gasteiger charge is -2.21. The largest absolute Gasteiger partial charge is 0.497 e. The molecule has 1 fully saturated rings. The summed E-state index contributed by atoms with van der Waals surface area (Å²) in [7, 11) is 1.44. The van der Waals surface area contributed by atoms with E-state index in [4.69, 9.17) is 4.74 Å². The Hall–Kier alpha value is -2.15. The number of nitrogens with zero attached hydrogens (tertiary/aromatic N) is 1. The highest BCUT2D eigenvalue weighted by molar-refractivity contribution is 5.87. The molecule has 0 aliphatic carbocycles. The van der Waals surface area contributed by atoms with Gasteiger partial charge in [0.15, 0.2) is 0 Å². The number of carbonyl (C=O) groups excluding carboxylic acids is 2. The average molecular weight is 324 g/mol. The first kappa shape index (κ1) is 17.2. The Balaban J connectivity index is 1.89. The SMILES string of the molecule is COc1cc(F)cc(CNC(=O)CN2CCCCC(O)C2=O)c1. The number of aliphatic hydroxyl groups excluding tert-OH is 1. The second-order valence-electron chi connectivity index (χ2n) is 5.55. The minimum Gasteiger partial charge on any atom is -0.497 e. The summed E-state index contributed by atoms with van der Waals surface area (Å²) in [5.41, 5.74) is 0.567. The summed E-state index contributed by atoms with van der Waals surface area (Å²) in [5, 5.41) is 12.3. The molecule has 0 bridgehead atoms. The summed E-state index contributed by atoms with van der Waals surface area (Å²) in [6.45, 7) is 0.483. The van der Waals surface area contributed by atoms with Gasteiger partial charge in [-0.3, -0.25) is 9.59 Å². The summed E-state index contributed by atoms with van der Waals surface area (Å²) in [6.07, 6.45) is 0.920. The van der Waals surface area contributed by atoms with Crippen molar-refractivity contribution in [3.05, 3.63) is 29.6 Å². The normalized spacial score (nSPS) is 18.5. The van der Waals surface area contributed by atoms with Crippen LogP contribution in [0.25, 0.3) is 0 Å². The number of amides is 2. The van der Waals surface area contributed by atoms with Gasteiger partial charge in [0.05, 0.1) is 13.7 Å². The zero-order valence-corrected chi connectivity index (χ0v) is 13.0. The van der Waals surface area contributed by atoms with Crippen LogP contribution in [0.1, 0.15) is 24.8 Å². The predicted octanol–water partition coefficient (Wildman–Crippen LogP) is 0.824. The van der Waals surface area contributed by atoms with Gasteiger partial charge >= 0.3 is 0 Å². The van der Waals surface area contributed by atoms with Crippen molar-refractivity contribution >= 4 is 11.8 Å². The minimum absolute atomic E-state index is 0.109. The number of likely N-dealkylation sites (tertiary alicyclic amines) is 1. The monoisotopic (exact) mass is 324 g/mol. The molecular formula is C16H21FN2O4. The number of benzene rings is 1. The first-order valence-corrected chi connectivity index (χ1v) is 7.56. The van der Waals surface area contributed by atoms with Crippen LogP contribution in [0.5, 0.6) is 5.75 Å². The van der Waals surface area contributed by atoms with E-state index in [0.717, 1.165) is 12.8 Å². The van der Waals surface area contributed by atoms with Crippen LogP contribution in [-0.4, -0.2) is 48.1 Å². The molecule has 1 aliphatic heterocycles. The lowest BCUT2D eigenvalue weighted by atomic mass is 10.2. The predicted molar refractivity (Wildman–Crippen MR) is 81.2 cm³/mol. The molecular weight excluding hydrogens is 303 g/mol. The number of hydrogen-bond acceptors (Lipinski definition) is 4. The van der Waals surface area contributed by atoms with Gasteiger partial charge in [-0.25, -0.2) is 4.39 Å². The number of ether oxygens (including phenoxy) is 1. The Morgan fingerprint density at radius 3 is 2.96 bits per heavy atom. The Morgan fingerprint density at radius 1 is 1.43 bits per heavy atom. The van der Waals surface area contributed by atoms with Crippen LogP contribution in [-0.2, 0) is 16.1 Å². The first-order valence-electron chi connectivity index (χ1n) is 7.56. The fourth-order valence-electron chi connectivity index (χ4n) is 2.51. The molecule has 0 saturated carbocycles. The second kappa shape index (κ2) is 7.92. The zero-order chi connectivity index (χ0) is 16.8. The van der Waals surface area contributed by atoms with Crippen LogP contribution in [0, 0.1) is 5.82 Å². The molecule has 2 amide bonds. The smallest absolute Gasteiger partial charge is 0.251 e. The van der Waals surface area contributed by atoms with Gasteiger partial charge < -0.3 is 20.1 Å². The van der Waals surface area contributed by atoms with Crippen molar-refractivity contribution in [2.75, 3.05) is 20.2 Å². The van der Waals surface area contributed by atoms with Crippen molar-refractivity contribution in [2.24, 2.45) is 0 Å². The Bertz CT molecular complexity index is 579. The van der Waals surface area contributed by atoms with Crippen molar-refractivity contribution in [3.63, 3.8) is 0 Å². The molecule has 1 aromatic carbocycles. The van der Waals surface area contributed by atoms with E-state index in [-0.39, 0.29) is 19.0 Å². The lowest BCUT2D eigenvalue weighted by molar-refractivity contribution is -0.142. The van der Waals surface area contributed by atoms with E-state index < -0.39 is 17.8 Å². The molecule has 23 heavy (non-hydrogen) atoms. The number of methoxy groups -OCH3 is 1. The fraction of sp³-hybridized carbons (Fsp3) is 0.500. The van der Waals surface area contributed by atoms with Gasteiger partial charge in [0, 0.05) is 19.2 Å². The van der Waals surface area contributed by atoms with Crippen molar-refractivity contribution in [2.45, 2.75) is 31.9 Å². The number of halogens is 1. The van der Waals surface area contributed by atoms with Crippen LogP contribution in [0.2, 0.25) is 0 Å². The fourth-order valence-corrected chi connectivity index (χ4v) is 2.51. The van der Waals surface area contributed by atoms with Gasteiger partial charge in [-0.1, -0.05) is 0 Å². The van der Waals surface area contributed by atoms with Gasteiger partial charge in [-0.2, -0.15) is 0 Å². The number of aliphatic hydroxyl groups is 1. The highest BCUT2D eigenvalue weighted by Crippen LogP contribution is 2.16. The maximum atomic E-state index is 13.4. The molecule has 1 heterocycles. The van der Waals surface area contributed by atoms with Crippen molar-refractivity contribution in [1.82, 2.24) is 10.2 Å². The third-order valence-electron chi connectivity index (χ3n) is 3.74. The van der Waals surface area contributed by atoms with Crippen LogP contribution in [0.4, 0.5) is 4.39 Å². The molecule has 1 saturated heterocycles. The van der Waals surface area contributed by atoms with E-state index in [9.17, 15) is 19.1 Å². The number of hydrogen-bond donors (Lipinski definition) is 2. The van der Waals surface area contributed by atoms with Crippen LogP contribution < -0.4 is 10.1 Å². The standard InChI is InChI=1S/C16H21FN2O4/c1-23-13-7-11(6-12(17)8-13)9-18-15(21)10-19-5-3-2-4-14(20)16(19)22/h6-8,14,20H,2-5,9-10H2,1H3,(H,18,21). The number of nitrogens with one attached hydrogen (secondary N) is 1. The topological polar surface area (TPSA) is 78.9 Å². The Labute approximate surface area is 134 Å². The summed E-state index contributed by atoms with van der Waals surface area (Å²) < 4.78 is 18.3. The van der Waals surface area contributed by atoms with Crippen LogP contribution in [0.3, 0.4) is 0 Å². The van der Waals surface area contributed by atoms with Crippen LogP contribution in [0.15, 0.2) is 18.2 Å². The third-order valence-corrected chi connectivity index (χ3v) is 3.74. The highest BCUT2D eigenvalue weighted by Gasteiger charge is 2.26. The van der Waals surface area contributed by atoms with Gasteiger partial charge in [0.1, 0.15) is 17.7 Å². The number of rotatable bonds is 5.